The first-order valence-corrected chi connectivity index (χ1v) is 11.5. The van der Waals surface area contributed by atoms with Crippen LogP contribution in [0.1, 0.15) is 70.5 Å². The number of aliphatic hydroxyl groups excluding tert-OH is 1. The number of unbranched alkanes of at least 4 members (excludes halogenated alkanes) is 1. The number of rotatable bonds is 11. The van der Waals surface area contributed by atoms with Gasteiger partial charge in [0.2, 0.25) is 11.8 Å². The molecule has 1 aliphatic rings. The molecule has 0 heterocycles. The molecular formula is C25H37N3O5. The van der Waals surface area contributed by atoms with Gasteiger partial charge < -0.3 is 25.4 Å². The Bertz CT molecular complexity index is 845. The highest BCUT2D eigenvalue weighted by Crippen LogP contribution is 2.36. The Labute approximate surface area is 196 Å². The Balaban J connectivity index is 2.37. The second-order valence-electron chi connectivity index (χ2n) is 9.28. The smallest absolute Gasteiger partial charge is 0.408 e. The maximum absolute atomic E-state index is 13.6. The van der Waals surface area contributed by atoms with E-state index in [1.807, 2.05) is 25.1 Å². The maximum atomic E-state index is 13.6. The fourth-order valence-electron chi connectivity index (χ4n) is 3.47. The third kappa shape index (κ3) is 7.89. The Morgan fingerprint density at radius 1 is 1.30 bits per heavy atom. The third-order valence-corrected chi connectivity index (χ3v) is 5.18. The molecule has 1 aromatic carbocycles. The van der Waals surface area contributed by atoms with Crippen LogP contribution < -0.4 is 10.6 Å². The average molecular weight is 460 g/mol. The summed E-state index contributed by atoms with van der Waals surface area (Å²) in [5, 5.41) is 15.3. The minimum absolute atomic E-state index is 0.152. The number of aliphatic hydroxyl groups is 1. The van der Waals surface area contributed by atoms with Gasteiger partial charge in [-0.1, -0.05) is 44.2 Å². The van der Waals surface area contributed by atoms with E-state index in [2.05, 4.69) is 17.2 Å². The van der Waals surface area contributed by atoms with Gasteiger partial charge in [0.25, 0.3) is 0 Å². The zero-order valence-electron chi connectivity index (χ0n) is 20.1. The maximum Gasteiger partial charge on any atom is 0.408 e. The second kappa shape index (κ2) is 11.8. The van der Waals surface area contributed by atoms with Crippen LogP contribution >= 0.6 is 0 Å². The molecule has 8 nitrogen and oxygen atoms in total. The summed E-state index contributed by atoms with van der Waals surface area (Å²) in [5.74, 6) is -0.815. The molecule has 2 atom stereocenters. The van der Waals surface area contributed by atoms with Crippen LogP contribution in [0.3, 0.4) is 0 Å². The second-order valence-corrected chi connectivity index (χ2v) is 9.28. The summed E-state index contributed by atoms with van der Waals surface area (Å²) in [4.78, 5) is 40.6. The number of carbonyl (C=O) groups excluding carboxylic acids is 3. The molecule has 1 aliphatic carbocycles. The first-order chi connectivity index (χ1) is 15.6. The van der Waals surface area contributed by atoms with Crippen LogP contribution in [0, 0.1) is 0 Å². The normalized spacial score (nSPS) is 15.2. The van der Waals surface area contributed by atoms with E-state index in [4.69, 9.17) is 4.74 Å². The lowest BCUT2D eigenvalue weighted by Gasteiger charge is -2.34. The molecule has 1 aromatic rings. The van der Waals surface area contributed by atoms with Crippen LogP contribution in [-0.4, -0.2) is 58.8 Å². The van der Waals surface area contributed by atoms with E-state index in [1.54, 1.807) is 32.9 Å². The summed E-state index contributed by atoms with van der Waals surface area (Å²) in [6, 6.07) is 5.04. The van der Waals surface area contributed by atoms with Gasteiger partial charge in [0.05, 0.1) is 6.61 Å². The van der Waals surface area contributed by atoms with Crippen LogP contribution in [0.4, 0.5) is 4.79 Å². The van der Waals surface area contributed by atoms with E-state index in [9.17, 15) is 19.5 Å². The summed E-state index contributed by atoms with van der Waals surface area (Å²) in [6.45, 7) is 10.8. The largest absolute Gasteiger partial charge is 0.444 e. The lowest BCUT2D eigenvalue weighted by atomic mass is 10.00. The molecule has 1 fully saturated rings. The van der Waals surface area contributed by atoms with E-state index in [1.165, 1.54) is 4.90 Å². The lowest BCUT2D eigenvalue weighted by molar-refractivity contribution is -0.144. The van der Waals surface area contributed by atoms with Crippen molar-refractivity contribution in [3.63, 3.8) is 0 Å². The van der Waals surface area contributed by atoms with E-state index in [0.717, 1.165) is 31.2 Å². The number of carbonyl (C=O) groups is 3. The number of amides is 3. The number of alkyl carbamates (subject to hydrolysis) is 1. The minimum Gasteiger partial charge on any atom is -0.444 e. The van der Waals surface area contributed by atoms with Crippen molar-refractivity contribution < 1.29 is 24.2 Å². The van der Waals surface area contributed by atoms with E-state index < -0.39 is 36.3 Å². The topological polar surface area (TPSA) is 108 Å². The van der Waals surface area contributed by atoms with Gasteiger partial charge in [0.1, 0.15) is 17.7 Å². The highest BCUT2D eigenvalue weighted by atomic mass is 16.6. The van der Waals surface area contributed by atoms with Gasteiger partial charge in [-0.05, 0) is 57.2 Å². The summed E-state index contributed by atoms with van der Waals surface area (Å²) in [5.41, 5.74) is 0.721. The van der Waals surface area contributed by atoms with E-state index in [0.29, 0.717) is 12.1 Å². The quantitative estimate of drug-likeness (QED) is 0.441. The minimum atomic E-state index is -1.23. The molecule has 0 radical (unpaired) electrons. The Hall–Kier alpha value is -2.87. The molecular weight excluding hydrogens is 422 g/mol. The molecule has 0 aliphatic heterocycles. The number of nitrogens with zero attached hydrogens (tertiary/aromatic N) is 1. The molecule has 0 bridgehead atoms. The Morgan fingerprint density at radius 3 is 2.55 bits per heavy atom. The monoisotopic (exact) mass is 459 g/mol. The van der Waals surface area contributed by atoms with E-state index in [-0.39, 0.29) is 11.9 Å². The Morgan fingerprint density at radius 2 is 2.00 bits per heavy atom. The fraction of sp³-hybridized carbons (Fsp3) is 0.560. The summed E-state index contributed by atoms with van der Waals surface area (Å²) in [7, 11) is 0. The van der Waals surface area contributed by atoms with Gasteiger partial charge in [0.15, 0.2) is 0 Å². The zero-order valence-corrected chi connectivity index (χ0v) is 20.1. The molecule has 0 spiro atoms. The van der Waals surface area contributed by atoms with E-state index >= 15 is 0 Å². The number of nitrogens with one attached hydrogen (secondary N) is 2. The molecule has 3 amide bonds. The first-order valence-electron chi connectivity index (χ1n) is 11.5. The van der Waals surface area contributed by atoms with Gasteiger partial charge in [-0.15, -0.1) is 0 Å². The SMILES string of the molecule is C=Cc1cccc(C(C(=O)NCCCC)N(C(=O)C(CO)NC(=O)OC(C)(C)C)C2CC2)c1. The van der Waals surface area contributed by atoms with Crippen molar-refractivity contribution in [1.29, 1.82) is 0 Å². The van der Waals surface area contributed by atoms with Crippen molar-refractivity contribution >= 4 is 24.0 Å². The number of benzene rings is 1. The van der Waals surface area contributed by atoms with Crippen molar-refractivity contribution in [2.24, 2.45) is 0 Å². The molecule has 8 heteroatoms. The predicted octanol–water partition coefficient (Wildman–Crippen LogP) is 3.16. The van der Waals surface area contributed by atoms with Crippen LogP contribution in [0.5, 0.6) is 0 Å². The van der Waals surface area contributed by atoms with Crippen LogP contribution in [0.2, 0.25) is 0 Å². The average Bonchev–Trinajstić information content (AvgIpc) is 3.59. The van der Waals surface area contributed by atoms with Crippen LogP contribution in [0.15, 0.2) is 30.8 Å². The summed E-state index contributed by atoms with van der Waals surface area (Å²) in [6.07, 6.45) is 4.12. The van der Waals surface area contributed by atoms with Crippen LogP contribution in [-0.2, 0) is 14.3 Å². The van der Waals surface area contributed by atoms with Crippen molar-refractivity contribution in [3.05, 3.63) is 42.0 Å². The highest BCUT2D eigenvalue weighted by Gasteiger charge is 2.44. The first kappa shape index (κ1) is 26.4. The van der Waals surface area contributed by atoms with Crippen molar-refractivity contribution in [3.8, 4) is 0 Å². The molecule has 2 unspecified atom stereocenters. The number of hydrogen-bond acceptors (Lipinski definition) is 5. The molecule has 3 N–H and O–H groups in total. The van der Waals surface area contributed by atoms with Gasteiger partial charge in [0, 0.05) is 12.6 Å². The fourth-order valence-corrected chi connectivity index (χ4v) is 3.47. The van der Waals surface area contributed by atoms with Gasteiger partial charge in [-0.25, -0.2) is 4.79 Å². The lowest BCUT2D eigenvalue weighted by Crippen LogP contribution is -2.55. The predicted molar refractivity (Wildman–Crippen MR) is 127 cm³/mol. The van der Waals surface area contributed by atoms with Gasteiger partial charge in [-0.2, -0.15) is 0 Å². The molecule has 182 valence electrons. The summed E-state index contributed by atoms with van der Waals surface area (Å²) < 4.78 is 5.24. The number of ether oxygens (including phenoxy) is 1. The summed E-state index contributed by atoms with van der Waals surface area (Å²) >= 11 is 0. The molecule has 1 saturated carbocycles. The Kier molecular flexibility index (Phi) is 9.46. The van der Waals surface area contributed by atoms with Gasteiger partial charge >= 0.3 is 6.09 Å². The molecule has 0 aromatic heterocycles. The number of hydrogen-bond donors (Lipinski definition) is 3. The van der Waals surface area contributed by atoms with Gasteiger partial charge in [-0.3, -0.25) is 9.59 Å². The van der Waals surface area contributed by atoms with Crippen LogP contribution in [0.25, 0.3) is 6.08 Å². The third-order valence-electron chi connectivity index (χ3n) is 5.18. The molecule has 33 heavy (non-hydrogen) atoms. The highest BCUT2D eigenvalue weighted by molar-refractivity contribution is 5.92. The van der Waals surface area contributed by atoms with Crippen molar-refractivity contribution in [2.75, 3.05) is 13.2 Å². The zero-order chi connectivity index (χ0) is 24.6. The van der Waals surface area contributed by atoms with Crippen molar-refractivity contribution in [1.82, 2.24) is 15.5 Å². The molecule has 0 saturated heterocycles. The van der Waals surface area contributed by atoms with Crippen molar-refractivity contribution in [2.45, 2.75) is 77.1 Å². The molecule has 2 rings (SSSR count). The standard InChI is InChI=1S/C25H37N3O5/c1-6-8-14-26-22(30)21(18-11-9-10-17(7-2)15-18)28(19-12-13-19)23(31)20(16-29)27-24(32)33-25(3,4)5/h7,9-11,15,19-21,29H,2,6,8,12-14,16H2,1,3-5H3,(H,26,30)(H,27,32).